The number of hydrogen-bond donors (Lipinski definition) is 0. The summed E-state index contributed by atoms with van der Waals surface area (Å²) in [6.07, 6.45) is 5.15. The van der Waals surface area contributed by atoms with Crippen molar-refractivity contribution in [3.05, 3.63) is 35.4 Å². The first-order valence-electron chi connectivity index (χ1n) is 6.06. The number of rotatable bonds is 5. The molecule has 0 aromatic heterocycles. The summed E-state index contributed by atoms with van der Waals surface area (Å²) >= 11 is 0. The van der Waals surface area contributed by atoms with E-state index in [0.29, 0.717) is 6.61 Å². The van der Waals surface area contributed by atoms with Gasteiger partial charge in [0.1, 0.15) is 6.10 Å². The zero-order chi connectivity index (χ0) is 12.9. The van der Waals surface area contributed by atoms with E-state index in [1.807, 2.05) is 6.92 Å². The molecule has 0 N–H and O–H groups in total. The van der Waals surface area contributed by atoms with Gasteiger partial charge >= 0.3 is 0 Å². The number of hydrogen-bond acceptors (Lipinski definition) is 1. The Kier molecular flexibility index (Phi) is 4.98. The quantitative estimate of drug-likeness (QED) is 0.569. The number of benzene rings is 1. The minimum atomic E-state index is -1.02. The van der Waals surface area contributed by atoms with E-state index in [9.17, 15) is 0 Å². The lowest BCUT2D eigenvalue weighted by Gasteiger charge is -2.16. The van der Waals surface area contributed by atoms with E-state index < -0.39 is 8.07 Å². The fourth-order valence-corrected chi connectivity index (χ4v) is 3.10. The van der Waals surface area contributed by atoms with Gasteiger partial charge in [0.05, 0.1) is 6.61 Å². The molecule has 0 spiro atoms. The Morgan fingerprint density at radius 3 is 2.18 bits per heavy atom. The summed E-state index contributed by atoms with van der Waals surface area (Å²) in [6, 6.07) is 9.92. The van der Waals surface area contributed by atoms with Crippen LogP contribution < -0.4 is 0 Å². The van der Waals surface area contributed by atoms with Crippen molar-refractivity contribution >= 4 is 8.07 Å². The van der Waals surface area contributed by atoms with Gasteiger partial charge in [0.15, 0.2) is 0 Å². The molecule has 1 nitrogen and oxygen atoms in total. The van der Waals surface area contributed by atoms with Crippen molar-refractivity contribution in [1.82, 2.24) is 0 Å². The predicted octanol–water partition coefficient (Wildman–Crippen LogP) is 3.64. The van der Waals surface area contributed by atoms with Crippen LogP contribution in [-0.4, -0.2) is 14.2 Å². The molecule has 17 heavy (non-hydrogen) atoms. The van der Waals surface area contributed by atoms with Crippen molar-refractivity contribution in [3.63, 3.8) is 0 Å². The highest BCUT2D eigenvalue weighted by Crippen LogP contribution is 2.13. The molecule has 0 heterocycles. The van der Waals surface area contributed by atoms with Crippen molar-refractivity contribution in [2.75, 3.05) is 0 Å². The van der Waals surface area contributed by atoms with Crippen molar-refractivity contribution < 1.29 is 4.74 Å². The maximum Gasteiger partial charge on any atom is 0.115 e. The second-order valence-electron chi connectivity index (χ2n) is 5.67. The average Bonchev–Trinajstić information content (AvgIpc) is 2.25. The van der Waals surface area contributed by atoms with Gasteiger partial charge in [-0.3, -0.25) is 0 Å². The van der Waals surface area contributed by atoms with Crippen LogP contribution in [0.5, 0.6) is 0 Å². The fraction of sp³-hybridized carbons (Fsp3) is 0.467. The van der Waals surface area contributed by atoms with E-state index >= 15 is 0 Å². The third-order valence-electron chi connectivity index (χ3n) is 2.49. The van der Waals surface area contributed by atoms with Crippen LogP contribution in [0.25, 0.3) is 0 Å². The number of terminal acetylenes is 1. The van der Waals surface area contributed by atoms with Gasteiger partial charge in [0, 0.05) is 8.07 Å². The Morgan fingerprint density at radius 1 is 1.18 bits per heavy atom. The minimum absolute atomic E-state index is 0.114. The molecule has 0 amide bonds. The summed E-state index contributed by atoms with van der Waals surface area (Å²) in [6.45, 7) is 9.65. The highest BCUT2D eigenvalue weighted by Gasteiger charge is 2.13. The Bertz CT molecular complexity index is 381. The molecule has 0 radical (unpaired) electrons. The van der Waals surface area contributed by atoms with Gasteiger partial charge in [-0.1, -0.05) is 55.4 Å². The van der Waals surface area contributed by atoms with Crippen molar-refractivity contribution in [1.29, 1.82) is 0 Å². The smallest absolute Gasteiger partial charge is 0.115 e. The summed E-state index contributed by atoms with van der Waals surface area (Å²) in [5.74, 6) is 2.56. The predicted molar refractivity (Wildman–Crippen MR) is 76.6 cm³/mol. The SMILES string of the molecule is C#CC(C)OCc1ccc(C[Si](C)(C)C)cc1. The van der Waals surface area contributed by atoms with Gasteiger partial charge in [-0.15, -0.1) is 6.42 Å². The van der Waals surface area contributed by atoms with Gasteiger partial charge < -0.3 is 4.74 Å². The lowest BCUT2D eigenvalue weighted by molar-refractivity contribution is 0.0902. The van der Waals surface area contributed by atoms with Crippen LogP contribution in [0.4, 0.5) is 0 Å². The van der Waals surface area contributed by atoms with E-state index in [1.54, 1.807) is 0 Å². The number of ether oxygens (including phenoxy) is 1. The van der Waals surface area contributed by atoms with Gasteiger partial charge in [-0.2, -0.15) is 0 Å². The van der Waals surface area contributed by atoms with Crippen LogP contribution >= 0.6 is 0 Å². The summed E-state index contributed by atoms with van der Waals surface area (Å²) in [7, 11) is -1.02. The second kappa shape index (κ2) is 6.04. The first-order valence-corrected chi connectivity index (χ1v) is 9.77. The van der Waals surface area contributed by atoms with Crippen LogP contribution in [0, 0.1) is 12.3 Å². The molecule has 1 atom stereocenters. The molecule has 0 bridgehead atoms. The molecule has 0 aliphatic rings. The van der Waals surface area contributed by atoms with Crippen LogP contribution in [0.15, 0.2) is 24.3 Å². The third kappa shape index (κ3) is 5.72. The molecule has 0 aliphatic carbocycles. The third-order valence-corrected chi connectivity index (χ3v) is 3.96. The molecule has 0 saturated heterocycles. The van der Waals surface area contributed by atoms with Crippen molar-refractivity contribution in [3.8, 4) is 12.3 Å². The van der Waals surface area contributed by atoms with Crippen LogP contribution in [-0.2, 0) is 17.4 Å². The molecule has 0 saturated carbocycles. The highest BCUT2D eigenvalue weighted by molar-refractivity contribution is 6.75. The molecule has 92 valence electrons. The van der Waals surface area contributed by atoms with E-state index in [4.69, 9.17) is 11.2 Å². The van der Waals surface area contributed by atoms with Crippen molar-refractivity contribution in [2.45, 2.75) is 45.3 Å². The topological polar surface area (TPSA) is 9.23 Å². The molecule has 0 aliphatic heterocycles. The summed E-state index contributed by atoms with van der Waals surface area (Å²) in [4.78, 5) is 0. The van der Waals surface area contributed by atoms with Crippen LogP contribution in [0.3, 0.4) is 0 Å². The maximum absolute atomic E-state index is 5.49. The van der Waals surface area contributed by atoms with Gasteiger partial charge in [-0.25, -0.2) is 0 Å². The monoisotopic (exact) mass is 246 g/mol. The largest absolute Gasteiger partial charge is 0.361 e. The molecule has 1 unspecified atom stereocenters. The minimum Gasteiger partial charge on any atom is -0.361 e. The molecule has 2 heteroatoms. The standard InChI is InChI=1S/C15H22OSi/c1-6-13(2)16-11-14-7-9-15(10-8-14)12-17(3,4)5/h1,7-10,13H,11-12H2,2-5H3. The molecular weight excluding hydrogens is 224 g/mol. The van der Waals surface area contributed by atoms with Gasteiger partial charge in [0.25, 0.3) is 0 Å². The van der Waals surface area contributed by atoms with E-state index in [0.717, 1.165) is 0 Å². The Morgan fingerprint density at radius 2 is 1.71 bits per heavy atom. The molecule has 0 fully saturated rings. The Hall–Kier alpha value is -1.04. The first kappa shape index (κ1) is 14.0. The summed E-state index contributed by atoms with van der Waals surface area (Å²) < 4.78 is 5.49. The fourth-order valence-electron chi connectivity index (χ4n) is 1.64. The van der Waals surface area contributed by atoms with E-state index in [2.05, 4.69) is 49.8 Å². The summed E-state index contributed by atoms with van der Waals surface area (Å²) in [5, 5.41) is 0. The zero-order valence-electron chi connectivity index (χ0n) is 11.3. The second-order valence-corrected chi connectivity index (χ2v) is 11.1. The van der Waals surface area contributed by atoms with E-state index in [-0.39, 0.29) is 6.10 Å². The van der Waals surface area contributed by atoms with Crippen LogP contribution in [0.2, 0.25) is 19.6 Å². The van der Waals surface area contributed by atoms with Crippen LogP contribution in [0.1, 0.15) is 18.1 Å². The average molecular weight is 246 g/mol. The van der Waals surface area contributed by atoms with Crippen molar-refractivity contribution in [2.24, 2.45) is 0 Å². The molecular formula is C15H22OSi. The normalized spacial score (nSPS) is 13.1. The lowest BCUT2D eigenvalue weighted by atomic mass is 10.2. The maximum atomic E-state index is 5.49. The lowest BCUT2D eigenvalue weighted by Crippen LogP contribution is -2.23. The molecule has 1 aromatic carbocycles. The van der Waals surface area contributed by atoms with Gasteiger partial charge in [-0.05, 0) is 18.5 Å². The first-order chi connectivity index (χ1) is 7.90. The zero-order valence-corrected chi connectivity index (χ0v) is 12.3. The van der Waals surface area contributed by atoms with Gasteiger partial charge in [0.2, 0.25) is 0 Å². The summed E-state index contributed by atoms with van der Waals surface area (Å²) in [5.41, 5.74) is 2.62. The highest BCUT2D eigenvalue weighted by atomic mass is 28.3. The molecule has 1 rings (SSSR count). The Labute approximate surface area is 106 Å². The molecule has 1 aromatic rings. The Balaban J connectivity index is 2.54. The van der Waals surface area contributed by atoms with E-state index in [1.165, 1.54) is 17.2 Å².